The molecule has 0 bridgehead atoms. The minimum absolute atomic E-state index is 0.207. The molecule has 5 nitrogen and oxygen atoms in total. The summed E-state index contributed by atoms with van der Waals surface area (Å²) in [6.45, 7) is 0. The summed E-state index contributed by atoms with van der Waals surface area (Å²) in [5.74, 6) is 5.62. The number of aromatic nitrogens is 2. The average molecular weight is 176 g/mol. The van der Waals surface area contributed by atoms with Gasteiger partial charge in [0.2, 0.25) is 5.82 Å². The lowest BCUT2D eigenvalue weighted by molar-refractivity contribution is 0.432. The van der Waals surface area contributed by atoms with Gasteiger partial charge in [0.1, 0.15) is 0 Å². The first-order valence-electron chi connectivity index (χ1n) is 3.76. The number of nitrogens with zero attached hydrogens (tertiary/aromatic N) is 2. The predicted molar refractivity (Wildman–Crippen MR) is 47.5 cm³/mol. The van der Waals surface area contributed by atoms with Crippen molar-refractivity contribution in [3.8, 4) is 11.4 Å². The van der Waals surface area contributed by atoms with Crippen LogP contribution in [0.2, 0.25) is 0 Å². The standard InChI is InChI=1S/C8H8N4O/c9-11-8-10-7(12-13-8)6-4-2-1-3-5-6/h1-5H,9H2,(H,10,11,12). The quantitative estimate of drug-likeness (QED) is 0.527. The van der Waals surface area contributed by atoms with Crippen molar-refractivity contribution >= 4 is 6.01 Å². The van der Waals surface area contributed by atoms with Gasteiger partial charge in [0, 0.05) is 5.56 Å². The molecule has 0 amide bonds. The third-order valence-corrected chi connectivity index (χ3v) is 1.58. The van der Waals surface area contributed by atoms with Gasteiger partial charge in [-0.15, -0.1) is 0 Å². The molecule has 13 heavy (non-hydrogen) atoms. The molecule has 1 aromatic carbocycles. The van der Waals surface area contributed by atoms with E-state index in [9.17, 15) is 0 Å². The summed E-state index contributed by atoms with van der Waals surface area (Å²) in [5, 5.41) is 3.73. The number of rotatable bonds is 2. The van der Waals surface area contributed by atoms with E-state index >= 15 is 0 Å². The number of hydrogen-bond donors (Lipinski definition) is 2. The second-order valence-corrected chi connectivity index (χ2v) is 2.43. The Morgan fingerprint density at radius 1 is 1.23 bits per heavy atom. The van der Waals surface area contributed by atoms with E-state index in [4.69, 9.17) is 10.4 Å². The van der Waals surface area contributed by atoms with Gasteiger partial charge in [-0.05, 0) is 0 Å². The van der Waals surface area contributed by atoms with E-state index in [1.165, 1.54) is 0 Å². The topological polar surface area (TPSA) is 77.0 Å². The lowest BCUT2D eigenvalue weighted by atomic mass is 10.2. The van der Waals surface area contributed by atoms with Gasteiger partial charge < -0.3 is 4.52 Å². The first kappa shape index (κ1) is 7.75. The molecule has 0 saturated heterocycles. The monoisotopic (exact) mass is 176 g/mol. The van der Waals surface area contributed by atoms with Crippen LogP contribution < -0.4 is 11.3 Å². The Balaban J connectivity index is 2.36. The highest BCUT2D eigenvalue weighted by Crippen LogP contribution is 2.15. The normalized spacial score (nSPS) is 9.92. The number of nitrogens with two attached hydrogens (primary N) is 1. The molecule has 0 aliphatic heterocycles. The maximum absolute atomic E-state index is 5.09. The molecule has 2 rings (SSSR count). The van der Waals surface area contributed by atoms with E-state index in [0.717, 1.165) is 5.56 Å². The number of nitrogen functional groups attached to an aromatic ring is 1. The van der Waals surface area contributed by atoms with Crippen molar-refractivity contribution in [2.45, 2.75) is 0 Å². The van der Waals surface area contributed by atoms with Crippen LogP contribution in [0.1, 0.15) is 0 Å². The summed E-state index contributed by atoms with van der Waals surface area (Å²) in [7, 11) is 0. The molecular formula is C8H8N4O. The van der Waals surface area contributed by atoms with Crippen molar-refractivity contribution < 1.29 is 4.52 Å². The Morgan fingerprint density at radius 3 is 2.62 bits per heavy atom. The van der Waals surface area contributed by atoms with Gasteiger partial charge in [-0.1, -0.05) is 35.5 Å². The molecule has 0 aliphatic rings. The molecule has 0 spiro atoms. The molecule has 1 heterocycles. The molecule has 0 fully saturated rings. The van der Waals surface area contributed by atoms with Gasteiger partial charge in [-0.2, -0.15) is 4.98 Å². The van der Waals surface area contributed by atoms with E-state index in [1.807, 2.05) is 30.3 Å². The summed E-state index contributed by atoms with van der Waals surface area (Å²) < 4.78 is 4.77. The highest BCUT2D eigenvalue weighted by atomic mass is 16.5. The lowest BCUT2D eigenvalue weighted by Crippen LogP contribution is -2.06. The molecule has 0 atom stereocenters. The van der Waals surface area contributed by atoms with Crippen LogP contribution >= 0.6 is 0 Å². The van der Waals surface area contributed by atoms with Gasteiger partial charge in [-0.3, -0.25) is 5.43 Å². The van der Waals surface area contributed by atoms with Crippen molar-refractivity contribution in [2.24, 2.45) is 5.84 Å². The summed E-state index contributed by atoms with van der Waals surface area (Å²) in [6, 6.07) is 9.73. The van der Waals surface area contributed by atoms with Crippen molar-refractivity contribution in [3.63, 3.8) is 0 Å². The van der Waals surface area contributed by atoms with E-state index in [0.29, 0.717) is 5.82 Å². The Kier molecular flexibility index (Phi) is 1.93. The van der Waals surface area contributed by atoms with Gasteiger partial charge in [0.25, 0.3) is 0 Å². The predicted octanol–water partition coefficient (Wildman–Crippen LogP) is 1.02. The number of nitrogens with one attached hydrogen (secondary N) is 1. The lowest BCUT2D eigenvalue weighted by Gasteiger charge is -1.90. The number of hydrazine groups is 1. The van der Waals surface area contributed by atoms with Crippen LogP contribution in [0.5, 0.6) is 0 Å². The van der Waals surface area contributed by atoms with Crippen LogP contribution in [-0.4, -0.2) is 10.1 Å². The SMILES string of the molecule is NNc1nc(-c2ccccc2)no1. The van der Waals surface area contributed by atoms with E-state index in [1.54, 1.807) is 0 Å². The smallest absolute Gasteiger partial charge is 0.314 e. The van der Waals surface area contributed by atoms with E-state index in [2.05, 4.69) is 15.6 Å². The number of hydrogen-bond acceptors (Lipinski definition) is 5. The molecule has 0 aliphatic carbocycles. The highest BCUT2D eigenvalue weighted by Gasteiger charge is 2.05. The van der Waals surface area contributed by atoms with Crippen LogP contribution in [0.3, 0.4) is 0 Å². The van der Waals surface area contributed by atoms with Gasteiger partial charge in [-0.25, -0.2) is 5.84 Å². The molecule has 1 aromatic heterocycles. The van der Waals surface area contributed by atoms with E-state index < -0.39 is 0 Å². The Hall–Kier alpha value is -1.88. The fourth-order valence-corrected chi connectivity index (χ4v) is 0.987. The van der Waals surface area contributed by atoms with Gasteiger partial charge in [0.15, 0.2) is 0 Å². The zero-order valence-corrected chi connectivity index (χ0v) is 6.77. The molecular weight excluding hydrogens is 168 g/mol. The molecule has 0 saturated carbocycles. The second kappa shape index (κ2) is 3.24. The first-order valence-corrected chi connectivity index (χ1v) is 3.76. The van der Waals surface area contributed by atoms with Crippen LogP contribution in [0.25, 0.3) is 11.4 Å². The first-order chi connectivity index (χ1) is 6.40. The molecule has 66 valence electrons. The highest BCUT2D eigenvalue weighted by molar-refractivity contribution is 5.54. The Labute approximate surface area is 74.5 Å². The molecule has 3 N–H and O–H groups in total. The maximum Gasteiger partial charge on any atom is 0.335 e. The number of benzene rings is 1. The van der Waals surface area contributed by atoms with Crippen molar-refractivity contribution in [1.29, 1.82) is 0 Å². The zero-order chi connectivity index (χ0) is 9.10. The summed E-state index contributed by atoms with van der Waals surface area (Å²) in [5.41, 5.74) is 3.17. The van der Waals surface area contributed by atoms with Crippen LogP contribution in [0.15, 0.2) is 34.9 Å². The fourth-order valence-electron chi connectivity index (χ4n) is 0.987. The maximum atomic E-state index is 5.09. The third-order valence-electron chi connectivity index (χ3n) is 1.58. The van der Waals surface area contributed by atoms with Crippen molar-refractivity contribution in [3.05, 3.63) is 30.3 Å². The largest absolute Gasteiger partial charge is 0.335 e. The summed E-state index contributed by atoms with van der Waals surface area (Å²) >= 11 is 0. The van der Waals surface area contributed by atoms with Crippen LogP contribution in [0.4, 0.5) is 6.01 Å². The van der Waals surface area contributed by atoms with Gasteiger partial charge >= 0.3 is 6.01 Å². The molecule has 0 unspecified atom stereocenters. The second-order valence-electron chi connectivity index (χ2n) is 2.43. The fraction of sp³-hybridized carbons (Fsp3) is 0. The molecule has 5 heteroatoms. The third kappa shape index (κ3) is 1.50. The van der Waals surface area contributed by atoms with Crippen molar-refractivity contribution in [1.82, 2.24) is 10.1 Å². The molecule has 2 aromatic rings. The average Bonchev–Trinajstić information content (AvgIpc) is 2.67. The van der Waals surface area contributed by atoms with Crippen LogP contribution in [0, 0.1) is 0 Å². The summed E-state index contributed by atoms with van der Waals surface area (Å²) in [6.07, 6.45) is 0. The zero-order valence-electron chi connectivity index (χ0n) is 6.77. The minimum atomic E-state index is 0.207. The minimum Gasteiger partial charge on any atom is -0.314 e. The van der Waals surface area contributed by atoms with Crippen LogP contribution in [-0.2, 0) is 0 Å². The van der Waals surface area contributed by atoms with Crippen molar-refractivity contribution in [2.75, 3.05) is 5.43 Å². The molecule has 0 radical (unpaired) electrons. The Morgan fingerprint density at radius 2 is 2.00 bits per heavy atom. The number of anilines is 1. The Bertz CT molecular complexity index is 384. The van der Waals surface area contributed by atoms with E-state index in [-0.39, 0.29) is 6.01 Å². The summed E-state index contributed by atoms with van der Waals surface area (Å²) in [4.78, 5) is 3.99. The van der Waals surface area contributed by atoms with Gasteiger partial charge in [0.05, 0.1) is 0 Å².